The Labute approximate surface area is 71.1 Å². The Morgan fingerprint density at radius 3 is 2.55 bits per heavy atom. The first-order valence-electron chi connectivity index (χ1n) is 4.12. The van der Waals surface area contributed by atoms with Crippen molar-refractivity contribution >= 4 is 17.5 Å². The van der Waals surface area contributed by atoms with Crippen LogP contribution in [0.25, 0.3) is 0 Å². The number of primary amides is 1. The van der Waals surface area contributed by atoms with E-state index >= 15 is 0 Å². The van der Waals surface area contributed by atoms with Crippen molar-refractivity contribution < 1.29 is 4.79 Å². The number of rotatable bonds is 1. The van der Waals surface area contributed by atoms with E-state index in [1.54, 1.807) is 0 Å². The smallest absolute Gasteiger partial charge is 0.238 e. The van der Waals surface area contributed by atoms with Gasteiger partial charge >= 0.3 is 0 Å². The van der Waals surface area contributed by atoms with Crippen molar-refractivity contribution in [1.29, 1.82) is 0 Å². The predicted octanol–water partition coefficient (Wildman–Crippen LogP) is 1.27. The molecule has 0 aliphatic heterocycles. The van der Waals surface area contributed by atoms with Gasteiger partial charge in [0.1, 0.15) is 4.87 Å². The second-order valence-electron chi connectivity index (χ2n) is 3.81. The molecule has 2 fully saturated rings. The molecule has 1 amide bonds. The minimum absolute atomic E-state index is 0.314. The molecule has 0 aromatic rings. The summed E-state index contributed by atoms with van der Waals surface area (Å²) in [6.07, 6.45) is 4.27. The van der Waals surface area contributed by atoms with Crippen LogP contribution in [0.2, 0.25) is 0 Å². The van der Waals surface area contributed by atoms with Gasteiger partial charge in [0.15, 0.2) is 0 Å². The molecule has 0 heterocycles. The molecular formula is C8H12ClNO. The zero-order valence-electron chi connectivity index (χ0n) is 6.35. The van der Waals surface area contributed by atoms with Gasteiger partial charge in [-0.15, -0.1) is 11.6 Å². The fourth-order valence-electron chi connectivity index (χ4n) is 2.56. The van der Waals surface area contributed by atoms with Crippen molar-refractivity contribution in [1.82, 2.24) is 0 Å². The highest BCUT2D eigenvalue weighted by Gasteiger charge is 2.53. The number of fused-ring (bicyclic) bond motifs is 2. The molecule has 2 saturated carbocycles. The lowest BCUT2D eigenvalue weighted by atomic mass is 9.87. The lowest BCUT2D eigenvalue weighted by Crippen LogP contribution is -2.42. The highest BCUT2D eigenvalue weighted by Crippen LogP contribution is 2.53. The Morgan fingerprint density at radius 1 is 1.55 bits per heavy atom. The minimum Gasteiger partial charge on any atom is -0.368 e. The van der Waals surface area contributed by atoms with Crippen LogP contribution >= 0.6 is 11.6 Å². The number of amides is 1. The first kappa shape index (κ1) is 7.41. The van der Waals surface area contributed by atoms with Crippen LogP contribution in [0.15, 0.2) is 0 Å². The third-order valence-electron chi connectivity index (χ3n) is 3.18. The van der Waals surface area contributed by atoms with Crippen molar-refractivity contribution in [3.8, 4) is 0 Å². The van der Waals surface area contributed by atoms with Gasteiger partial charge < -0.3 is 5.73 Å². The van der Waals surface area contributed by atoms with Gasteiger partial charge in [-0.2, -0.15) is 0 Å². The molecule has 2 N–H and O–H groups in total. The van der Waals surface area contributed by atoms with Crippen LogP contribution in [0.5, 0.6) is 0 Å². The van der Waals surface area contributed by atoms with E-state index in [4.69, 9.17) is 17.3 Å². The average Bonchev–Trinajstić information content (AvgIpc) is 2.45. The van der Waals surface area contributed by atoms with Crippen LogP contribution < -0.4 is 5.73 Å². The summed E-state index contributed by atoms with van der Waals surface area (Å²) in [6.45, 7) is 0. The third-order valence-corrected chi connectivity index (χ3v) is 3.83. The molecule has 0 spiro atoms. The first-order chi connectivity index (χ1) is 5.13. The standard InChI is InChI=1S/C8H12ClNO/c9-8(7(10)11)4-5-1-2-6(8)3-5/h5-6H,1-4H2,(H2,10,11)/t5-,6+,8-/m1/s1. The molecule has 11 heavy (non-hydrogen) atoms. The molecule has 62 valence electrons. The van der Waals surface area contributed by atoms with Gasteiger partial charge in [0.25, 0.3) is 0 Å². The number of hydrogen-bond donors (Lipinski definition) is 1. The molecule has 2 bridgehead atoms. The van der Waals surface area contributed by atoms with Crippen LogP contribution in [0, 0.1) is 11.8 Å². The second kappa shape index (κ2) is 2.13. The van der Waals surface area contributed by atoms with Gasteiger partial charge in [-0.1, -0.05) is 6.42 Å². The summed E-state index contributed by atoms with van der Waals surface area (Å²) >= 11 is 6.13. The Balaban J connectivity index is 2.23. The molecule has 0 aromatic heterocycles. The third kappa shape index (κ3) is 0.886. The molecule has 2 nitrogen and oxygen atoms in total. The fourth-order valence-corrected chi connectivity index (χ4v) is 2.98. The average molecular weight is 174 g/mol. The van der Waals surface area contributed by atoms with Gasteiger partial charge in [0.05, 0.1) is 0 Å². The van der Waals surface area contributed by atoms with Crippen LogP contribution in [-0.4, -0.2) is 10.8 Å². The first-order valence-corrected chi connectivity index (χ1v) is 4.49. The molecule has 3 atom stereocenters. The molecule has 3 heteroatoms. The van der Waals surface area contributed by atoms with E-state index in [1.807, 2.05) is 0 Å². The molecular weight excluding hydrogens is 162 g/mol. The summed E-state index contributed by atoms with van der Waals surface area (Å²) < 4.78 is 0. The number of alkyl halides is 1. The van der Waals surface area contributed by atoms with Gasteiger partial charge in [-0.05, 0) is 31.1 Å². The van der Waals surface area contributed by atoms with E-state index in [-0.39, 0.29) is 5.91 Å². The summed E-state index contributed by atoms with van der Waals surface area (Å²) in [7, 11) is 0. The molecule has 0 aromatic carbocycles. The van der Waals surface area contributed by atoms with Crippen LogP contribution in [-0.2, 0) is 4.79 Å². The Kier molecular flexibility index (Phi) is 1.43. The summed E-state index contributed by atoms with van der Waals surface area (Å²) in [6, 6.07) is 0. The van der Waals surface area contributed by atoms with Crippen LogP contribution in [0.3, 0.4) is 0 Å². The van der Waals surface area contributed by atoms with Gasteiger partial charge in [0, 0.05) is 0 Å². The maximum atomic E-state index is 11.0. The Hall–Kier alpha value is -0.240. The van der Waals surface area contributed by atoms with Gasteiger partial charge in [-0.3, -0.25) is 4.79 Å². The lowest BCUT2D eigenvalue weighted by Gasteiger charge is -2.27. The van der Waals surface area contributed by atoms with Gasteiger partial charge in [-0.25, -0.2) is 0 Å². The highest BCUT2D eigenvalue weighted by molar-refractivity contribution is 6.35. The van der Waals surface area contributed by atoms with Crippen molar-refractivity contribution in [3.63, 3.8) is 0 Å². The summed E-state index contributed by atoms with van der Waals surface area (Å²) in [4.78, 5) is 10.3. The van der Waals surface area contributed by atoms with E-state index < -0.39 is 4.87 Å². The summed E-state index contributed by atoms with van der Waals surface area (Å²) in [5, 5.41) is 0. The van der Waals surface area contributed by atoms with Gasteiger partial charge in [0.2, 0.25) is 5.91 Å². The molecule has 2 aliphatic rings. The molecule has 2 aliphatic carbocycles. The quantitative estimate of drug-likeness (QED) is 0.597. The van der Waals surface area contributed by atoms with E-state index in [0.29, 0.717) is 11.8 Å². The largest absolute Gasteiger partial charge is 0.368 e. The Morgan fingerprint density at radius 2 is 2.27 bits per heavy atom. The normalized spacial score (nSPS) is 48.1. The van der Waals surface area contributed by atoms with E-state index in [1.165, 1.54) is 6.42 Å². The van der Waals surface area contributed by atoms with Crippen LogP contribution in [0.4, 0.5) is 0 Å². The van der Waals surface area contributed by atoms with Crippen molar-refractivity contribution in [2.45, 2.75) is 30.6 Å². The van der Waals surface area contributed by atoms with Crippen LogP contribution in [0.1, 0.15) is 25.7 Å². The molecule has 2 rings (SSSR count). The zero-order valence-corrected chi connectivity index (χ0v) is 7.10. The van der Waals surface area contributed by atoms with E-state index in [9.17, 15) is 4.79 Å². The SMILES string of the molecule is NC(=O)[C@@]1(Cl)C[C@@H]2CC[C@H]1C2. The lowest BCUT2D eigenvalue weighted by molar-refractivity contribution is -0.121. The number of carbonyl (C=O) groups is 1. The van der Waals surface area contributed by atoms with E-state index in [2.05, 4.69) is 0 Å². The monoisotopic (exact) mass is 173 g/mol. The number of carbonyl (C=O) groups excluding carboxylic acids is 1. The number of halogens is 1. The predicted molar refractivity (Wildman–Crippen MR) is 43.2 cm³/mol. The maximum absolute atomic E-state index is 11.0. The topological polar surface area (TPSA) is 43.1 Å². The summed E-state index contributed by atoms with van der Waals surface area (Å²) in [5.74, 6) is 0.725. The zero-order chi connectivity index (χ0) is 8.06. The van der Waals surface area contributed by atoms with E-state index in [0.717, 1.165) is 19.3 Å². The number of nitrogens with two attached hydrogens (primary N) is 1. The minimum atomic E-state index is -0.678. The summed E-state index contributed by atoms with van der Waals surface area (Å²) in [5.41, 5.74) is 5.25. The van der Waals surface area contributed by atoms with Crippen molar-refractivity contribution in [2.75, 3.05) is 0 Å². The fraction of sp³-hybridized carbons (Fsp3) is 0.875. The second-order valence-corrected chi connectivity index (χ2v) is 4.48. The van der Waals surface area contributed by atoms with Crippen molar-refractivity contribution in [2.24, 2.45) is 17.6 Å². The number of hydrogen-bond acceptors (Lipinski definition) is 1. The molecule has 0 radical (unpaired) electrons. The Bertz CT molecular complexity index is 206. The molecule has 0 saturated heterocycles. The molecule has 0 unspecified atom stereocenters. The van der Waals surface area contributed by atoms with Crippen molar-refractivity contribution in [3.05, 3.63) is 0 Å². The highest BCUT2D eigenvalue weighted by atomic mass is 35.5. The maximum Gasteiger partial charge on any atom is 0.238 e.